The van der Waals surface area contributed by atoms with E-state index in [1.807, 2.05) is 11.3 Å². The van der Waals surface area contributed by atoms with Gasteiger partial charge in [0.2, 0.25) is 0 Å². The lowest BCUT2D eigenvalue weighted by Gasteiger charge is -2.15. The Morgan fingerprint density at radius 3 is 3.12 bits per heavy atom. The van der Waals surface area contributed by atoms with Crippen LogP contribution in [0.2, 0.25) is 0 Å². The summed E-state index contributed by atoms with van der Waals surface area (Å²) in [6, 6.07) is 4.75. The van der Waals surface area contributed by atoms with Crippen molar-refractivity contribution in [3.8, 4) is 0 Å². The number of tetrazole rings is 1. The van der Waals surface area contributed by atoms with E-state index < -0.39 is 0 Å². The molecule has 0 bridgehead atoms. The van der Waals surface area contributed by atoms with Crippen LogP contribution in [-0.4, -0.2) is 20.6 Å². The van der Waals surface area contributed by atoms with Gasteiger partial charge in [-0.05, 0) is 30.2 Å². The van der Waals surface area contributed by atoms with Crippen LogP contribution in [0.3, 0.4) is 0 Å². The molecule has 6 heteroatoms. The van der Waals surface area contributed by atoms with Crippen molar-refractivity contribution in [2.24, 2.45) is 5.92 Å². The van der Waals surface area contributed by atoms with Crippen molar-refractivity contribution in [1.82, 2.24) is 25.9 Å². The van der Waals surface area contributed by atoms with Crippen LogP contribution in [0.15, 0.2) is 17.5 Å². The first-order valence-corrected chi connectivity index (χ1v) is 6.30. The second-order valence-electron chi connectivity index (χ2n) is 4.04. The molecule has 0 radical (unpaired) electrons. The monoisotopic (exact) mass is 235 g/mol. The Morgan fingerprint density at radius 2 is 2.50 bits per heavy atom. The molecule has 0 amide bonds. The predicted molar refractivity (Wildman–Crippen MR) is 60.8 cm³/mol. The van der Waals surface area contributed by atoms with Crippen molar-refractivity contribution in [3.63, 3.8) is 0 Å². The highest BCUT2D eigenvalue weighted by Crippen LogP contribution is 2.42. The number of aromatic amines is 1. The Kier molecular flexibility index (Phi) is 2.67. The van der Waals surface area contributed by atoms with E-state index in [0.29, 0.717) is 12.6 Å². The van der Waals surface area contributed by atoms with E-state index in [2.05, 4.69) is 43.5 Å². The van der Waals surface area contributed by atoms with Gasteiger partial charge in [0.05, 0.1) is 6.54 Å². The molecule has 84 valence electrons. The molecule has 1 aliphatic rings. The highest BCUT2D eigenvalue weighted by atomic mass is 32.1. The molecule has 1 aliphatic carbocycles. The van der Waals surface area contributed by atoms with Crippen LogP contribution in [-0.2, 0) is 6.54 Å². The van der Waals surface area contributed by atoms with Gasteiger partial charge in [0.1, 0.15) is 0 Å². The van der Waals surface area contributed by atoms with Gasteiger partial charge in [-0.1, -0.05) is 11.3 Å². The van der Waals surface area contributed by atoms with Gasteiger partial charge in [0, 0.05) is 10.9 Å². The van der Waals surface area contributed by atoms with Crippen molar-refractivity contribution in [1.29, 1.82) is 0 Å². The molecule has 2 N–H and O–H groups in total. The van der Waals surface area contributed by atoms with Crippen LogP contribution in [0.1, 0.15) is 29.6 Å². The molecule has 5 nitrogen and oxygen atoms in total. The average molecular weight is 235 g/mol. The summed E-state index contributed by atoms with van der Waals surface area (Å²) in [5, 5.41) is 19.5. The lowest BCUT2D eigenvalue weighted by Crippen LogP contribution is -2.22. The number of hydrogen-bond acceptors (Lipinski definition) is 5. The first-order valence-electron chi connectivity index (χ1n) is 5.42. The molecule has 2 aromatic rings. The third-order valence-corrected chi connectivity index (χ3v) is 3.77. The lowest BCUT2D eigenvalue weighted by molar-refractivity contribution is 0.479. The van der Waals surface area contributed by atoms with Crippen LogP contribution in [0.25, 0.3) is 0 Å². The summed E-state index contributed by atoms with van der Waals surface area (Å²) >= 11 is 1.81. The standard InChI is InChI=1S/C10H13N5S/c1-2-8(16-5-1)10(7-3-4-7)11-6-9-12-14-15-13-9/h1-2,5,7,10-11H,3-4,6H2,(H,12,13,14,15). The first kappa shape index (κ1) is 9.92. The largest absolute Gasteiger partial charge is 0.302 e. The molecule has 0 spiro atoms. The van der Waals surface area contributed by atoms with Gasteiger partial charge in [-0.3, -0.25) is 0 Å². The maximum absolute atomic E-state index is 3.94. The Hall–Kier alpha value is -1.27. The van der Waals surface area contributed by atoms with E-state index in [0.717, 1.165) is 11.7 Å². The molecule has 2 aromatic heterocycles. The van der Waals surface area contributed by atoms with E-state index in [-0.39, 0.29) is 0 Å². The Labute approximate surface area is 97.3 Å². The SMILES string of the molecule is c1csc(C(NCc2nn[nH]n2)C2CC2)c1. The van der Waals surface area contributed by atoms with Crippen LogP contribution >= 0.6 is 11.3 Å². The molecule has 0 aliphatic heterocycles. The number of nitrogens with zero attached hydrogens (tertiary/aromatic N) is 3. The molecule has 16 heavy (non-hydrogen) atoms. The Bertz CT molecular complexity index is 420. The maximum atomic E-state index is 3.94. The minimum atomic E-state index is 0.457. The van der Waals surface area contributed by atoms with Crippen molar-refractivity contribution in [2.75, 3.05) is 0 Å². The molecule has 0 saturated heterocycles. The smallest absolute Gasteiger partial charge is 0.188 e. The number of aromatic nitrogens is 4. The van der Waals surface area contributed by atoms with E-state index in [4.69, 9.17) is 0 Å². The quantitative estimate of drug-likeness (QED) is 0.824. The number of nitrogens with one attached hydrogen (secondary N) is 2. The zero-order valence-corrected chi connectivity index (χ0v) is 9.57. The van der Waals surface area contributed by atoms with Gasteiger partial charge in [0.15, 0.2) is 5.82 Å². The van der Waals surface area contributed by atoms with Crippen LogP contribution in [0.4, 0.5) is 0 Å². The minimum absolute atomic E-state index is 0.457. The summed E-state index contributed by atoms with van der Waals surface area (Å²) in [5.41, 5.74) is 0. The van der Waals surface area contributed by atoms with E-state index in [9.17, 15) is 0 Å². The minimum Gasteiger partial charge on any atom is -0.302 e. The fraction of sp³-hybridized carbons (Fsp3) is 0.500. The first-order chi connectivity index (χ1) is 7.93. The zero-order valence-electron chi connectivity index (χ0n) is 8.76. The summed E-state index contributed by atoms with van der Waals surface area (Å²) in [4.78, 5) is 1.41. The number of thiophene rings is 1. The fourth-order valence-electron chi connectivity index (χ4n) is 1.86. The van der Waals surface area contributed by atoms with E-state index >= 15 is 0 Å². The van der Waals surface area contributed by atoms with Crippen LogP contribution < -0.4 is 5.32 Å². The fourth-order valence-corrected chi connectivity index (χ4v) is 2.75. The van der Waals surface area contributed by atoms with Crippen LogP contribution in [0, 0.1) is 5.92 Å². The van der Waals surface area contributed by atoms with Crippen molar-refractivity contribution in [2.45, 2.75) is 25.4 Å². The third-order valence-electron chi connectivity index (χ3n) is 2.81. The molecule has 1 atom stereocenters. The third kappa shape index (κ3) is 2.12. The highest BCUT2D eigenvalue weighted by molar-refractivity contribution is 7.10. The van der Waals surface area contributed by atoms with Crippen molar-refractivity contribution >= 4 is 11.3 Å². The number of rotatable bonds is 5. The lowest BCUT2D eigenvalue weighted by atomic mass is 10.1. The normalized spacial score (nSPS) is 17.5. The molecule has 1 saturated carbocycles. The summed E-state index contributed by atoms with van der Waals surface area (Å²) in [6.07, 6.45) is 2.64. The van der Waals surface area contributed by atoms with Gasteiger partial charge in [-0.25, -0.2) is 0 Å². The topological polar surface area (TPSA) is 66.5 Å². The van der Waals surface area contributed by atoms with Crippen molar-refractivity contribution in [3.05, 3.63) is 28.2 Å². The Balaban J connectivity index is 1.66. The van der Waals surface area contributed by atoms with Gasteiger partial charge in [0.25, 0.3) is 0 Å². The summed E-state index contributed by atoms with van der Waals surface area (Å²) in [5.74, 6) is 1.51. The molecule has 1 unspecified atom stereocenters. The highest BCUT2D eigenvalue weighted by Gasteiger charge is 2.32. The van der Waals surface area contributed by atoms with Gasteiger partial charge >= 0.3 is 0 Å². The molecular weight excluding hydrogens is 222 g/mol. The molecule has 0 aromatic carbocycles. The van der Waals surface area contributed by atoms with Gasteiger partial charge < -0.3 is 5.32 Å². The maximum Gasteiger partial charge on any atom is 0.188 e. The summed E-state index contributed by atoms with van der Waals surface area (Å²) in [7, 11) is 0. The van der Waals surface area contributed by atoms with E-state index in [1.54, 1.807) is 0 Å². The second kappa shape index (κ2) is 4.31. The molecule has 1 fully saturated rings. The average Bonchev–Trinajstić information content (AvgIpc) is 2.83. The molecular formula is C10H13N5S. The number of hydrogen-bond donors (Lipinski definition) is 2. The number of H-pyrrole nitrogens is 1. The second-order valence-corrected chi connectivity index (χ2v) is 5.02. The molecule has 2 heterocycles. The van der Waals surface area contributed by atoms with Crippen LogP contribution in [0.5, 0.6) is 0 Å². The zero-order chi connectivity index (χ0) is 10.8. The predicted octanol–water partition coefficient (Wildman–Crippen LogP) is 1.50. The molecule has 3 rings (SSSR count). The van der Waals surface area contributed by atoms with Gasteiger partial charge in [-0.2, -0.15) is 5.21 Å². The van der Waals surface area contributed by atoms with E-state index in [1.165, 1.54) is 17.7 Å². The van der Waals surface area contributed by atoms with Crippen molar-refractivity contribution < 1.29 is 0 Å². The summed E-state index contributed by atoms with van der Waals surface area (Å²) < 4.78 is 0. The Morgan fingerprint density at radius 1 is 1.56 bits per heavy atom. The van der Waals surface area contributed by atoms with Gasteiger partial charge in [-0.15, -0.1) is 21.5 Å². The summed E-state index contributed by atoms with van der Waals surface area (Å²) in [6.45, 7) is 0.676.